The molecule has 0 amide bonds. The number of hydrogen-bond acceptors (Lipinski definition) is 2. The Bertz CT molecular complexity index is 4500. The van der Waals surface area contributed by atoms with Crippen molar-refractivity contribution in [2.75, 3.05) is 4.90 Å². The van der Waals surface area contributed by atoms with E-state index < -0.39 is 7.14 Å². The molecule has 0 bridgehead atoms. The van der Waals surface area contributed by atoms with E-state index in [1.165, 1.54) is 27.0 Å². The molecule has 4 nitrogen and oxygen atoms in total. The Kier molecular flexibility index (Phi) is 10.3. The van der Waals surface area contributed by atoms with Gasteiger partial charge in [-0.3, -0.25) is 0 Å². The number of para-hydroxylation sites is 5. The van der Waals surface area contributed by atoms with E-state index in [4.69, 9.17) is 0 Å². The zero-order valence-electron chi connectivity index (χ0n) is 44.4. The van der Waals surface area contributed by atoms with E-state index in [-0.39, 0.29) is 12.1 Å². The summed E-state index contributed by atoms with van der Waals surface area (Å²) in [5.41, 5.74) is 20.9. The standard InChI is InChI=1S/C72H55BN3OP/c1-46-60(74-62-36-19-15-30-54(62)55-31-16-20-37-63(55)74)42-40-58-69(46)76(70-52(48-24-9-6-10-25-48)34-23-35-53(70)49-26-11-7-12-27-49)66-44-50(72(3,4)5)45-67-68(66)73(58)59-41-43-61(47(2)71(59)78(67,77)51-28-13-8-14-29-51)75-64-38-21-17-32-56(64)57-33-18-22-39-65(57)75/h6-45H,1-5H3. The molecule has 11 aromatic carbocycles. The number of rotatable bonds is 6. The second-order valence-corrected chi connectivity index (χ2v) is 25.0. The Labute approximate surface area is 456 Å². The Morgan fingerprint density at radius 2 is 0.846 bits per heavy atom. The van der Waals surface area contributed by atoms with Gasteiger partial charge in [0.2, 0.25) is 6.71 Å². The molecular weight excluding hydrogens is 965 g/mol. The number of anilines is 3. The van der Waals surface area contributed by atoms with Gasteiger partial charge >= 0.3 is 0 Å². The SMILES string of the molecule is Cc1c(-n2c3ccccc3c3ccccc32)ccc2c1N(c1c(-c3ccccc3)cccc1-c1ccccc1)c1cc(C(C)(C)C)cc3c1B2c1ccc(-n2c4ccccc4c4ccccc42)c(C)c1P3(=O)c1ccccc1. The van der Waals surface area contributed by atoms with Crippen molar-refractivity contribution in [3.8, 4) is 33.6 Å². The number of fused-ring (bicyclic) bond motifs is 10. The smallest absolute Gasteiger partial charge is 0.248 e. The van der Waals surface area contributed by atoms with Gasteiger partial charge in [-0.25, -0.2) is 0 Å². The average molecular weight is 1020 g/mol. The van der Waals surface area contributed by atoms with E-state index in [1.54, 1.807) is 0 Å². The van der Waals surface area contributed by atoms with E-state index in [2.05, 4.69) is 285 Å². The van der Waals surface area contributed by atoms with Crippen molar-refractivity contribution in [3.63, 3.8) is 0 Å². The molecule has 0 saturated carbocycles. The van der Waals surface area contributed by atoms with Crippen LogP contribution in [0, 0.1) is 13.8 Å². The van der Waals surface area contributed by atoms with Crippen molar-refractivity contribution >= 4 is 107 Å². The first-order valence-corrected chi connectivity index (χ1v) is 29.0. The second kappa shape index (κ2) is 17.3. The predicted molar refractivity (Wildman–Crippen MR) is 333 cm³/mol. The quantitative estimate of drug-likeness (QED) is 0.123. The molecule has 2 aliphatic heterocycles. The molecule has 0 radical (unpaired) electrons. The fourth-order valence-electron chi connectivity index (χ4n) is 13.6. The van der Waals surface area contributed by atoms with Gasteiger partial charge in [0.25, 0.3) is 0 Å². The summed E-state index contributed by atoms with van der Waals surface area (Å²) < 4.78 is 23.0. The lowest BCUT2D eigenvalue weighted by Crippen LogP contribution is -2.69. The van der Waals surface area contributed by atoms with Crippen LogP contribution in [0.5, 0.6) is 0 Å². The van der Waals surface area contributed by atoms with E-state index >= 15 is 4.57 Å². The summed E-state index contributed by atoms with van der Waals surface area (Å²) in [6, 6.07) is 88.2. The molecule has 6 heteroatoms. The molecule has 0 spiro atoms. The largest absolute Gasteiger partial charge is 0.310 e. The topological polar surface area (TPSA) is 30.2 Å². The Morgan fingerprint density at radius 1 is 0.410 bits per heavy atom. The van der Waals surface area contributed by atoms with Crippen LogP contribution in [0.15, 0.2) is 243 Å². The Morgan fingerprint density at radius 3 is 1.33 bits per heavy atom. The van der Waals surface area contributed by atoms with E-state index in [0.29, 0.717) is 0 Å². The van der Waals surface area contributed by atoms with Crippen molar-refractivity contribution in [1.82, 2.24) is 9.13 Å². The molecule has 2 aliphatic rings. The van der Waals surface area contributed by atoms with Crippen LogP contribution in [0.3, 0.4) is 0 Å². The minimum atomic E-state index is -3.70. The first-order valence-electron chi connectivity index (χ1n) is 27.2. The monoisotopic (exact) mass is 1020 g/mol. The van der Waals surface area contributed by atoms with E-state index in [1.807, 2.05) is 6.07 Å². The summed E-state index contributed by atoms with van der Waals surface area (Å²) in [7, 11) is -3.70. The summed E-state index contributed by atoms with van der Waals surface area (Å²) in [5, 5.41) is 7.52. The van der Waals surface area contributed by atoms with Gasteiger partial charge in [0.15, 0.2) is 7.14 Å². The molecule has 0 fully saturated rings. The molecule has 78 heavy (non-hydrogen) atoms. The van der Waals surface area contributed by atoms with Crippen LogP contribution in [-0.4, -0.2) is 15.8 Å². The molecule has 2 aromatic heterocycles. The predicted octanol–water partition coefficient (Wildman–Crippen LogP) is 15.4. The van der Waals surface area contributed by atoms with Crippen LogP contribution in [0.4, 0.5) is 17.1 Å². The highest BCUT2D eigenvalue weighted by Gasteiger charge is 2.51. The minimum Gasteiger partial charge on any atom is -0.310 e. The lowest BCUT2D eigenvalue weighted by Gasteiger charge is -2.45. The van der Waals surface area contributed by atoms with Gasteiger partial charge in [0.1, 0.15) is 0 Å². The molecule has 4 heterocycles. The second-order valence-electron chi connectivity index (χ2n) is 22.4. The lowest BCUT2D eigenvalue weighted by atomic mass is 9.34. The number of nitrogens with zero attached hydrogens (tertiary/aromatic N) is 3. The average Bonchev–Trinajstić information content (AvgIpc) is 2.89. The van der Waals surface area contributed by atoms with Crippen molar-refractivity contribution in [1.29, 1.82) is 0 Å². The van der Waals surface area contributed by atoms with Crippen molar-refractivity contribution in [3.05, 3.63) is 259 Å². The van der Waals surface area contributed by atoms with Gasteiger partial charge in [-0.2, -0.15) is 0 Å². The maximum absolute atomic E-state index is 18.1. The first-order chi connectivity index (χ1) is 38.1. The maximum atomic E-state index is 18.1. The highest BCUT2D eigenvalue weighted by Crippen LogP contribution is 2.53. The zero-order valence-corrected chi connectivity index (χ0v) is 45.3. The van der Waals surface area contributed by atoms with Crippen LogP contribution in [0.2, 0.25) is 0 Å². The maximum Gasteiger partial charge on any atom is 0.248 e. The molecule has 13 aromatic rings. The van der Waals surface area contributed by atoms with Crippen LogP contribution >= 0.6 is 7.14 Å². The van der Waals surface area contributed by atoms with Gasteiger partial charge in [-0.15, -0.1) is 0 Å². The fourth-order valence-corrected chi connectivity index (χ4v) is 17.0. The minimum absolute atomic E-state index is 0.267. The number of aromatic nitrogens is 2. The normalized spacial score (nSPS) is 14.8. The van der Waals surface area contributed by atoms with Gasteiger partial charge in [-0.05, 0) is 107 Å². The lowest BCUT2D eigenvalue weighted by molar-refractivity contribution is 0.588. The summed E-state index contributed by atoms with van der Waals surface area (Å²) >= 11 is 0. The van der Waals surface area contributed by atoms with E-state index in [0.717, 1.165) is 116 Å². The summed E-state index contributed by atoms with van der Waals surface area (Å²) in [5.74, 6) is 0. The van der Waals surface area contributed by atoms with Gasteiger partial charge in [0.05, 0.1) is 33.4 Å². The van der Waals surface area contributed by atoms with Gasteiger partial charge in [0, 0.05) is 65.6 Å². The number of benzene rings is 11. The van der Waals surface area contributed by atoms with Crippen molar-refractivity contribution < 1.29 is 4.57 Å². The Balaban J connectivity index is 1.13. The number of hydrogen-bond donors (Lipinski definition) is 0. The molecule has 0 N–H and O–H groups in total. The fraction of sp³-hybridized carbons (Fsp3) is 0.0833. The molecule has 15 rings (SSSR count). The van der Waals surface area contributed by atoms with Crippen LogP contribution in [-0.2, 0) is 9.98 Å². The van der Waals surface area contributed by atoms with Crippen molar-refractivity contribution in [2.24, 2.45) is 0 Å². The summed E-state index contributed by atoms with van der Waals surface area (Å²) in [6.07, 6.45) is 0. The molecule has 1 unspecified atom stereocenters. The third kappa shape index (κ3) is 6.58. The molecule has 372 valence electrons. The molecule has 0 aliphatic carbocycles. The highest BCUT2D eigenvalue weighted by atomic mass is 31.2. The van der Waals surface area contributed by atoms with Crippen LogP contribution in [0.1, 0.15) is 37.5 Å². The van der Waals surface area contributed by atoms with Crippen LogP contribution < -0.4 is 37.2 Å². The highest BCUT2D eigenvalue weighted by molar-refractivity contribution is 7.87. The first kappa shape index (κ1) is 46.4. The molecule has 0 saturated heterocycles. The summed E-state index contributed by atoms with van der Waals surface area (Å²) in [6.45, 7) is 11.2. The Hall–Kier alpha value is -8.89. The third-order valence-corrected chi connectivity index (χ3v) is 20.4. The van der Waals surface area contributed by atoms with Crippen LogP contribution in [0.25, 0.3) is 77.2 Å². The zero-order chi connectivity index (χ0) is 52.6. The summed E-state index contributed by atoms with van der Waals surface area (Å²) in [4.78, 5) is 2.61. The third-order valence-electron chi connectivity index (χ3n) is 17.1. The van der Waals surface area contributed by atoms with Gasteiger partial charge < -0.3 is 18.6 Å². The van der Waals surface area contributed by atoms with E-state index in [9.17, 15) is 0 Å². The molecular formula is C72H55BN3OP. The molecule has 1 atom stereocenters. The van der Waals surface area contributed by atoms with Gasteiger partial charge in [-0.1, -0.05) is 220 Å². The van der Waals surface area contributed by atoms with Crippen molar-refractivity contribution in [2.45, 2.75) is 40.0 Å².